The minimum absolute atomic E-state index is 0.614. The fourth-order valence-corrected chi connectivity index (χ4v) is 9.17. The van der Waals surface area contributed by atoms with Crippen LogP contribution in [0.25, 0.3) is 111 Å². The Morgan fingerprint density at radius 2 is 0.581 bits per heavy atom. The van der Waals surface area contributed by atoms with Gasteiger partial charge in [-0.05, 0) is 70.8 Å². The molecule has 0 radical (unpaired) electrons. The Hall–Kier alpha value is -8.41. The second-order valence-electron chi connectivity index (χ2n) is 15.6. The molecule has 5 nitrogen and oxygen atoms in total. The Morgan fingerprint density at radius 3 is 1.03 bits per heavy atom. The van der Waals surface area contributed by atoms with Crippen molar-refractivity contribution >= 4 is 43.6 Å². The van der Waals surface area contributed by atoms with Crippen LogP contribution in [0.4, 0.5) is 0 Å². The molecule has 0 spiro atoms. The van der Waals surface area contributed by atoms with Crippen molar-refractivity contribution in [2.45, 2.75) is 0 Å². The van der Waals surface area contributed by atoms with Crippen molar-refractivity contribution in [1.29, 1.82) is 0 Å². The van der Waals surface area contributed by atoms with Gasteiger partial charge in [-0.2, -0.15) is 0 Å². The van der Waals surface area contributed by atoms with Gasteiger partial charge in [-0.1, -0.05) is 176 Å². The number of fused-ring (bicyclic) bond motifs is 6. The van der Waals surface area contributed by atoms with E-state index in [1.807, 2.05) is 6.07 Å². The van der Waals surface area contributed by atoms with Gasteiger partial charge in [0, 0.05) is 49.6 Å². The summed E-state index contributed by atoms with van der Waals surface area (Å²) in [6.45, 7) is 0. The first-order valence-electron chi connectivity index (χ1n) is 21.0. The number of aromatic nitrogens is 5. The molecule has 0 amide bonds. The lowest BCUT2D eigenvalue weighted by Gasteiger charge is -2.12. The normalized spacial score (nSPS) is 11.5. The van der Waals surface area contributed by atoms with E-state index in [2.05, 4.69) is 228 Å². The summed E-state index contributed by atoms with van der Waals surface area (Å²) in [4.78, 5) is 16.1. The van der Waals surface area contributed by atoms with Crippen molar-refractivity contribution in [2.24, 2.45) is 0 Å². The quantitative estimate of drug-likeness (QED) is 0.162. The monoisotopic (exact) mass is 791 g/mol. The van der Waals surface area contributed by atoms with Crippen LogP contribution in [0.15, 0.2) is 224 Å². The standard InChI is InChI=1S/C57H37N5/c1-4-16-38(17-5-1)39-30-32-40(33-31-39)41-34-36-42(37-35-41)55-58-56(47-24-14-28-51-53(47)45-22-10-12-26-49(45)61(51)43-18-6-2-7-19-43)60-57(59-55)48-25-15-29-52-54(48)46-23-11-13-27-50(46)62(52)44-20-8-3-9-21-44/h1-37H. The first kappa shape index (κ1) is 35.5. The molecule has 0 saturated carbocycles. The number of hydrogen-bond donors (Lipinski definition) is 0. The molecule has 0 unspecified atom stereocenters. The van der Waals surface area contributed by atoms with Crippen molar-refractivity contribution in [2.75, 3.05) is 0 Å². The molecule has 62 heavy (non-hydrogen) atoms. The molecule has 0 fully saturated rings. The zero-order valence-corrected chi connectivity index (χ0v) is 33.6. The predicted octanol–water partition coefficient (Wildman–Crippen LogP) is 14.4. The molecule has 0 aliphatic heterocycles. The van der Waals surface area contributed by atoms with E-state index in [-0.39, 0.29) is 0 Å². The summed E-state index contributed by atoms with van der Waals surface area (Å²) in [6, 6.07) is 79.1. The van der Waals surface area contributed by atoms with Crippen LogP contribution < -0.4 is 0 Å². The maximum Gasteiger partial charge on any atom is 0.164 e. The summed E-state index contributed by atoms with van der Waals surface area (Å²) < 4.78 is 4.67. The minimum atomic E-state index is 0.614. The molecule has 0 atom stereocenters. The number of rotatable bonds is 7. The maximum absolute atomic E-state index is 5.43. The highest BCUT2D eigenvalue weighted by Gasteiger charge is 2.22. The summed E-state index contributed by atoms with van der Waals surface area (Å²) in [6.07, 6.45) is 0. The highest BCUT2D eigenvalue weighted by atomic mass is 15.0. The highest BCUT2D eigenvalue weighted by Crippen LogP contribution is 2.41. The maximum atomic E-state index is 5.43. The molecule has 290 valence electrons. The lowest BCUT2D eigenvalue weighted by Crippen LogP contribution is -2.01. The third-order valence-corrected chi connectivity index (χ3v) is 12.0. The van der Waals surface area contributed by atoms with Gasteiger partial charge < -0.3 is 9.13 Å². The zero-order valence-electron chi connectivity index (χ0n) is 33.6. The Labute approximate surface area is 358 Å². The van der Waals surface area contributed by atoms with Gasteiger partial charge in [0.2, 0.25) is 0 Å². The summed E-state index contributed by atoms with van der Waals surface area (Å²) >= 11 is 0. The third kappa shape index (κ3) is 5.90. The molecule has 9 aromatic carbocycles. The lowest BCUT2D eigenvalue weighted by atomic mass is 9.99. The average molecular weight is 792 g/mol. The summed E-state index contributed by atoms with van der Waals surface area (Å²) in [5.74, 6) is 1.86. The van der Waals surface area contributed by atoms with Gasteiger partial charge in [0.25, 0.3) is 0 Å². The van der Waals surface area contributed by atoms with Crippen LogP contribution in [0, 0.1) is 0 Å². The van der Waals surface area contributed by atoms with E-state index in [9.17, 15) is 0 Å². The van der Waals surface area contributed by atoms with Crippen LogP contribution in [0.5, 0.6) is 0 Å². The number of benzene rings is 9. The lowest BCUT2D eigenvalue weighted by molar-refractivity contribution is 1.08. The van der Waals surface area contributed by atoms with Crippen molar-refractivity contribution in [1.82, 2.24) is 24.1 Å². The van der Waals surface area contributed by atoms with Crippen LogP contribution in [-0.4, -0.2) is 24.1 Å². The summed E-state index contributed by atoms with van der Waals surface area (Å²) in [5, 5.41) is 4.48. The van der Waals surface area contributed by atoms with Gasteiger partial charge in [-0.15, -0.1) is 0 Å². The third-order valence-electron chi connectivity index (χ3n) is 12.0. The second-order valence-corrected chi connectivity index (χ2v) is 15.6. The SMILES string of the molecule is c1ccc(-c2ccc(-c3ccc(-c4nc(-c5cccc6c5c5ccccc5n6-c5ccccc5)nc(-c5cccc6c5c5ccccc5n6-c5ccccc5)n4)cc3)cc2)cc1. The fourth-order valence-electron chi connectivity index (χ4n) is 9.17. The van der Waals surface area contributed by atoms with Crippen LogP contribution in [0.3, 0.4) is 0 Å². The van der Waals surface area contributed by atoms with E-state index in [1.165, 1.54) is 11.1 Å². The molecule has 0 bridgehead atoms. The summed E-state index contributed by atoms with van der Waals surface area (Å²) in [7, 11) is 0. The summed E-state index contributed by atoms with van der Waals surface area (Å²) in [5.41, 5.74) is 14.1. The minimum Gasteiger partial charge on any atom is -0.309 e. The molecule has 0 N–H and O–H groups in total. The molecule has 3 aromatic heterocycles. The first-order valence-corrected chi connectivity index (χ1v) is 21.0. The van der Waals surface area contributed by atoms with Crippen molar-refractivity contribution < 1.29 is 0 Å². The van der Waals surface area contributed by atoms with Gasteiger partial charge in [-0.3, -0.25) is 0 Å². The molecule has 3 heterocycles. The van der Waals surface area contributed by atoms with Gasteiger partial charge in [-0.25, -0.2) is 15.0 Å². The van der Waals surface area contributed by atoms with E-state index in [4.69, 9.17) is 15.0 Å². The Balaban J connectivity index is 1.07. The largest absolute Gasteiger partial charge is 0.309 e. The molecule has 0 aliphatic carbocycles. The topological polar surface area (TPSA) is 48.5 Å². The number of hydrogen-bond acceptors (Lipinski definition) is 3. The molecular weight excluding hydrogens is 755 g/mol. The molecule has 5 heteroatoms. The van der Waals surface area contributed by atoms with Crippen molar-refractivity contribution in [3.8, 4) is 67.8 Å². The van der Waals surface area contributed by atoms with E-state index < -0.39 is 0 Å². The van der Waals surface area contributed by atoms with Gasteiger partial charge in [0.15, 0.2) is 17.5 Å². The smallest absolute Gasteiger partial charge is 0.164 e. The van der Waals surface area contributed by atoms with Gasteiger partial charge in [0.05, 0.1) is 22.1 Å². The zero-order chi connectivity index (χ0) is 41.0. The number of para-hydroxylation sites is 4. The van der Waals surface area contributed by atoms with Crippen molar-refractivity contribution in [3.05, 3.63) is 224 Å². The van der Waals surface area contributed by atoms with Gasteiger partial charge in [0.1, 0.15) is 0 Å². The average Bonchev–Trinajstić information content (AvgIpc) is 3.88. The van der Waals surface area contributed by atoms with Gasteiger partial charge >= 0.3 is 0 Å². The Bertz CT molecular complexity index is 3410. The molecule has 12 rings (SSSR count). The molecule has 0 aliphatic rings. The van der Waals surface area contributed by atoms with E-state index in [0.29, 0.717) is 17.5 Å². The second kappa shape index (κ2) is 14.7. The molecular formula is C57H37N5. The van der Waals surface area contributed by atoms with Crippen LogP contribution in [-0.2, 0) is 0 Å². The van der Waals surface area contributed by atoms with Crippen LogP contribution in [0.1, 0.15) is 0 Å². The predicted molar refractivity (Wildman–Crippen MR) is 256 cm³/mol. The van der Waals surface area contributed by atoms with E-state index in [1.54, 1.807) is 0 Å². The Morgan fingerprint density at radius 1 is 0.242 bits per heavy atom. The first-order chi connectivity index (χ1) is 30.8. The Kier molecular flexibility index (Phi) is 8.42. The number of nitrogens with zero attached hydrogens (tertiary/aromatic N) is 5. The van der Waals surface area contributed by atoms with Crippen molar-refractivity contribution in [3.63, 3.8) is 0 Å². The highest BCUT2D eigenvalue weighted by molar-refractivity contribution is 6.17. The van der Waals surface area contributed by atoms with E-state index >= 15 is 0 Å². The molecule has 12 aromatic rings. The fraction of sp³-hybridized carbons (Fsp3) is 0. The molecule has 0 saturated heterocycles. The van der Waals surface area contributed by atoms with Crippen LogP contribution in [0.2, 0.25) is 0 Å². The van der Waals surface area contributed by atoms with Crippen LogP contribution >= 0.6 is 0 Å². The van der Waals surface area contributed by atoms with E-state index in [0.717, 1.165) is 82.8 Å².